The van der Waals surface area contributed by atoms with Crippen LogP contribution in [0.25, 0.3) is 0 Å². The van der Waals surface area contributed by atoms with E-state index >= 15 is 0 Å². The summed E-state index contributed by atoms with van der Waals surface area (Å²) < 4.78 is 36.4. The van der Waals surface area contributed by atoms with Crippen LogP contribution in [-0.4, -0.2) is 41.9 Å². The highest BCUT2D eigenvalue weighted by molar-refractivity contribution is 5.89. The van der Waals surface area contributed by atoms with Gasteiger partial charge in [0.1, 0.15) is 0 Å². The monoisotopic (exact) mass is 287 g/mol. The van der Waals surface area contributed by atoms with E-state index in [-0.39, 0.29) is 0 Å². The van der Waals surface area contributed by atoms with Gasteiger partial charge in [-0.2, -0.15) is 18.4 Å². The number of nitrogens with one attached hydrogen (secondary N) is 1. The van der Waals surface area contributed by atoms with E-state index in [9.17, 15) is 18.0 Å². The molecule has 0 aliphatic heterocycles. The van der Waals surface area contributed by atoms with Gasteiger partial charge in [-0.1, -0.05) is 0 Å². The fourth-order valence-electron chi connectivity index (χ4n) is 1.29. The summed E-state index contributed by atoms with van der Waals surface area (Å²) in [5.41, 5.74) is 0.728. The van der Waals surface area contributed by atoms with Gasteiger partial charge >= 0.3 is 12.2 Å². The molecule has 1 aromatic rings. The van der Waals surface area contributed by atoms with Gasteiger partial charge in [-0.3, -0.25) is 0 Å². The number of likely N-dealkylation sites (N-methyl/N-ethyl adjacent to an activating group) is 1. The van der Waals surface area contributed by atoms with Crippen LogP contribution in [0.2, 0.25) is 0 Å². The minimum atomic E-state index is -4.77. The molecule has 1 aromatic carbocycles. The number of aliphatic hydroxyl groups excluding tert-OH is 1. The van der Waals surface area contributed by atoms with E-state index in [4.69, 9.17) is 10.4 Å². The molecule has 5 nitrogen and oxygen atoms in total. The van der Waals surface area contributed by atoms with Crippen molar-refractivity contribution in [2.75, 3.05) is 18.9 Å². The maximum atomic E-state index is 12.1. The lowest BCUT2D eigenvalue weighted by atomic mass is 10.2. The molecule has 1 unspecified atom stereocenters. The van der Waals surface area contributed by atoms with Gasteiger partial charge < -0.3 is 15.3 Å². The average Bonchev–Trinajstić information content (AvgIpc) is 2.38. The van der Waals surface area contributed by atoms with Gasteiger partial charge in [0, 0.05) is 12.7 Å². The smallest absolute Gasteiger partial charge is 0.382 e. The third-order valence-electron chi connectivity index (χ3n) is 2.44. The number of anilines is 1. The van der Waals surface area contributed by atoms with Gasteiger partial charge in [0.15, 0.2) is 6.10 Å². The summed E-state index contributed by atoms with van der Waals surface area (Å²) in [4.78, 5) is 12.3. The normalized spacial score (nSPS) is 12.4. The number of hydrogen-bond acceptors (Lipinski definition) is 3. The van der Waals surface area contributed by atoms with E-state index in [0.29, 0.717) is 11.3 Å². The SMILES string of the molecule is CN(CC(O)C(F)(F)F)C(=O)Nc1ccc(C#N)cc1. The molecule has 20 heavy (non-hydrogen) atoms. The van der Waals surface area contributed by atoms with Crippen molar-refractivity contribution in [3.63, 3.8) is 0 Å². The van der Waals surface area contributed by atoms with Crippen LogP contribution in [0.15, 0.2) is 24.3 Å². The van der Waals surface area contributed by atoms with Gasteiger partial charge in [0.25, 0.3) is 0 Å². The standard InChI is InChI=1S/C12H12F3N3O2/c1-18(7-10(19)12(13,14)15)11(20)17-9-4-2-8(6-16)3-5-9/h2-5,10,19H,7H2,1H3,(H,17,20). The molecule has 0 aliphatic rings. The molecule has 0 aromatic heterocycles. The summed E-state index contributed by atoms with van der Waals surface area (Å²) >= 11 is 0. The quantitative estimate of drug-likeness (QED) is 0.892. The molecule has 1 atom stereocenters. The lowest BCUT2D eigenvalue weighted by Gasteiger charge is -2.22. The van der Waals surface area contributed by atoms with Crippen LogP contribution in [0, 0.1) is 11.3 Å². The van der Waals surface area contributed by atoms with Gasteiger partial charge in [0.05, 0.1) is 18.2 Å². The van der Waals surface area contributed by atoms with Gasteiger partial charge in [-0.25, -0.2) is 4.79 Å². The molecule has 8 heteroatoms. The van der Waals surface area contributed by atoms with E-state index in [1.165, 1.54) is 24.3 Å². The van der Waals surface area contributed by atoms with Crippen LogP contribution in [0.1, 0.15) is 5.56 Å². The average molecular weight is 287 g/mol. The number of halogens is 3. The van der Waals surface area contributed by atoms with E-state index in [0.717, 1.165) is 11.9 Å². The number of carbonyl (C=O) groups excluding carboxylic acids is 1. The molecule has 2 N–H and O–H groups in total. The Labute approximate surface area is 113 Å². The molecule has 108 valence electrons. The summed E-state index contributed by atoms with van der Waals surface area (Å²) in [7, 11) is 1.13. The second-order valence-corrected chi connectivity index (χ2v) is 4.06. The zero-order chi connectivity index (χ0) is 15.3. The lowest BCUT2D eigenvalue weighted by molar-refractivity contribution is -0.205. The third kappa shape index (κ3) is 4.44. The van der Waals surface area contributed by atoms with Gasteiger partial charge in [0.2, 0.25) is 0 Å². The number of amides is 2. The second-order valence-electron chi connectivity index (χ2n) is 4.06. The molecule has 0 bridgehead atoms. The highest BCUT2D eigenvalue weighted by Crippen LogP contribution is 2.20. The third-order valence-corrected chi connectivity index (χ3v) is 2.44. The Morgan fingerprint density at radius 2 is 2.00 bits per heavy atom. The van der Waals surface area contributed by atoms with Crippen molar-refractivity contribution in [2.24, 2.45) is 0 Å². The second kappa shape index (κ2) is 6.25. The maximum absolute atomic E-state index is 12.1. The van der Waals surface area contributed by atoms with Crippen molar-refractivity contribution < 1.29 is 23.1 Å². The van der Waals surface area contributed by atoms with Crippen LogP contribution in [-0.2, 0) is 0 Å². The molecule has 0 heterocycles. The number of benzene rings is 1. The predicted octanol–water partition coefficient (Wildman–Crippen LogP) is 1.95. The fourth-order valence-corrected chi connectivity index (χ4v) is 1.29. The number of urea groups is 1. The molecule has 0 fully saturated rings. The Hall–Kier alpha value is -2.27. The van der Waals surface area contributed by atoms with E-state index in [2.05, 4.69) is 5.32 Å². The molecule has 0 radical (unpaired) electrons. The largest absolute Gasteiger partial charge is 0.416 e. The number of carbonyl (C=O) groups is 1. The first-order chi connectivity index (χ1) is 9.24. The zero-order valence-corrected chi connectivity index (χ0v) is 10.5. The Kier molecular flexibility index (Phi) is 4.94. The Bertz CT molecular complexity index is 508. The predicted molar refractivity (Wildman–Crippen MR) is 64.9 cm³/mol. The van der Waals surface area contributed by atoms with E-state index in [1.807, 2.05) is 6.07 Å². The van der Waals surface area contributed by atoms with Gasteiger partial charge in [-0.05, 0) is 24.3 Å². The molecular weight excluding hydrogens is 275 g/mol. The molecule has 0 spiro atoms. The van der Waals surface area contributed by atoms with Gasteiger partial charge in [-0.15, -0.1) is 0 Å². The highest BCUT2D eigenvalue weighted by Gasteiger charge is 2.39. The summed E-state index contributed by atoms with van der Waals surface area (Å²) in [5, 5.41) is 19.8. The first kappa shape index (κ1) is 15.8. The van der Waals surface area contributed by atoms with Crippen LogP contribution in [0.3, 0.4) is 0 Å². The summed E-state index contributed by atoms with van der Waals surface area (Å²) in [6.07, 6.45) is -7.37. The Morgan fingerprint density at radius 3 is 2.45 bits per heavy atom. The Morgan fingerprint density at radius 1 is 1.45 bits per heavy atom. The van der Waals surface area contributed by atoms with Crippen LogP contribution < -0.4 is 5.32 Å². The number of nitrogens with zero attached hydrogens (tertiary/aromatic N) is 2. The van der Waals surface area contributed by atoms with Crippen molar-refractivity contribution in [1.82, 2.24) is 4.90 Å². The number of alkyl halides is 3. The topological polar surface area (TPSA) is 76.4 Å². The summed E-state index contributed by atoms with van der Waals surface area (Å²) in [5.74, 6) is 0. The van der Waals surface area contributed by atoms with E-state index in [1.54, 1.807) is 0 Å². The van der Waals surface area contributed by atoms with Crippen LogP contribution >= 0.6 is 0 Å². The number of aliphatic hydroxyl groups is 1. The summed E-state index contributed by atoms with van der Waals surface area (Å²) in [6, 6.07) is 6.91. The maximum Gasteiger partial charge on any atom is 0.416 e. The Balaban J connectivity index is 2.59. The number of rotatable bonds is 3. The van der Waals surface area contributed by atoms with Crippen molar-refractivity contribution in [3.05, 3.63) is 29.8 Å². The van der Waals surface area contributed by atoms with Crippen molar-refractivity contribution in [1.29, 1.82) is 5.26 Å². The molecular formula is C12H12F3N3O2. The zero-order valence-electron chi connectivity index (χ0n) is 10.5. The molecule has 2 amide bonds. The van der Waals surface area contributed by atoms with Crippen LogP contribution in [0.5, 0.6) is 0 Å². The fraction of sp³-hybridized carbons (Fsp3) is 0.333. The van der Waals surface area contributed by atoms with E-state index < -0.39 is 24.9 Å². The lowest BCUT2D eigenvalue weighted by Crippen LogP contribution is -2.43. The van der Waals surface area contributed by atoms with Crippen LogP contribution in [0.4, 0.5) is 23.7 Å². The molecule has 1 rings (SSSR count). The minimum Gasteiger partial charge on any atom is -0.382 e. The van der Waals surface area contributed by atoms with Crippen molar-refractivity contribution >= 4 is 11.7 Å². The first-order valence-electron chi connectivity index (χ1n) is 5.51. The molecule has 0 saturated heterocycles. The number of hydrogen-bond donors (Lipinski definition) is 2. The minimum absolute atomic E-state index is 0.336. The molecule has 0 aliphatic carbocycles. The summed E-state index contributed by atoms with van der Waals surface area (Å²) in [6.45, 7) is -0.869. The van der Waals surface area contributed by atoms with Crippen molar-refractivity contribution in [2.45, 2.75) is 12.3 Å². The highest BCUT2D eigenvalue weighted by atomic mass is 19.4. The number of nitriles is 1. The molecule has 0 saturated carbocycles. The first-order valence-corrected chi connectivity index (χ1v) is 5.51. The van der Waals surface area contributed by atoms with Crippen molar-refractivity contribution in [3.8, 4) is 6.07 Å².